The van der Waals surface area contributed by atoms with Crippen LogP contribution < -0.4 is 0 Å². The first-order valence-corrected chi connectivity index (χ1v) is 6.39. The van der Waals surface area contributed by atoms with E-state index in [1.54, 1.807) is 0 Å². The van der Waals surface area contributed by atoms with Crippen LogP contribution in [0.15, 0.2) is 24.3 Å². The first-order chi connectivity index (χ1) is 7.74. The number of aryl methyl sites for hydroxylation is 2. The second-order valence-corrected chi connectivity index (χ2v) is 4.50. The number of rotatable bonds is 6. The van der Waals surface area contributed by atoms with Crippen LogP contribution in [0.1, 0.15) is 55.7 Å². The van der Waals surface area contributed by atoms with Crippen molar-refractivity contribution in [2.45, 2.75) is 52.9 Å². The summed E-state index contributed by atoms with van der Waals surface area (Å²) in [4.78, 5) is 0. The van der Waals surface area contributed by atoms with Gasteiger partial charge in [-0.2, -0.15) is 0 Å². The van der Waals surface area contributed by atoms with E-state index in [0.717, 1.165) is 6.42 Å². The van der Waals surface area contributed by atoms with Gasteiger partial charge in [0.25, 0.3) is 0 Å². The number of benzene rings is 1. The first-order valence-electron chi connectivity index (χ1n) is 6.39. The van der Waals surface area contributed by atoms with Crippen LogP contribution in [0.4, 0.5) is 0 Å². The SMILES string of the molecule is CCCCCC/C=[C]\c1ccc(C)c(C)c1. The fourth-order valence-electron chi connectivity index (χ4n) is 1.69. The maximum absolute atomic E-state index is 3.36. The van der Waals surface area contributed by atoms with Crippen molar-refractivity contribution in [3.63, 3.8) is 0 Å². The quantitative estimate of drug-likeness (QED) is 0.587. The van der Waals surface area contributed by atoms with Gasteiger partial charge in [0.1, 0.15) is 0 Å². The Hall–Kier alpha value is -1.04. The standard InChI is InChI=1S/C16H23/c1-4-5-6-7-8-9-10-16-12-11-14(2)15(3)13-16/h9,11-13H,4-8H2,1-3H3. The van der Waals surface area contributed by atoms with E-state index in [4.69, 9.17) is 0 Å². The Morgan fingerprint density at radius 1 is 1.06 bits per heavy atom. The van der Waals surface area contributed by atoms with Gasteiger partial charge in [-0.3, -0.25) is 0 Å². The third-order valence-electron chi connectivity index (χ3n) is 2.98. The Bertz CT molecular complexity index is 334. The van der Waals surface area contributed by atoms with Gasteiger partial charge in [-0.25, -0.2) is 0 Å². The van der Waals surface area contributed by atoms with E-state index in [9.17, 15) is 0 Å². The van der Waals surface area contributed by atoms with E-state index in [2.05, 4.69) is 51.1 Å². The third kappa shape index (κ3) is 4.65. The molecular weight excluding hydrogens is 192 g/mol. The molecule has 1 radical (unpaired) electrons. The summed E-state index contributed by atoms with van der Waals surface area (Å²) in [6.45, 7) is 6.55. The summed E-state index contributed by atoms with van der Waals surface area (Å²) in [6, 6.07) is 6.52. The molecule has 16 heavy (non-hydrogen) atoms. The lowest BCUT2D eigenvalue weighted by molar-refractivity contribution is 0.674. The summed E-state index contributed by atoms with van der Waals surface area (Å²) >= 11 is 0. The zero-order valence-corrected chi connectivity index (χ0v) is 10.8. The van der Waals surface area contributed by atoms with Crippen molar-refractivity contribution in [1.29, 1.82) is 0 Å². The summed E-state index contributed by atoms with van der Waals surface area (Å²) in [5.74, 6) is 0. The summed E-state index contributed by atoms with van der Waals surface area (Å²) < 4.78 is 0. The minimum Gasteiger partial charge on any atom is -0.0760 e. The Balaban J connectivity index is 2.35. The highest BCUT2D eigenvalue weighted by Crippen LogP contribution is 2.10. The number of unbranched alkanes of at least 4 members (excludes halogenated alkanes) is 4. The highest BCUT2D eigenvalue weighted by Gasteiger charge is 1.92. The maximum Gasteiger partial charge on any atom is -0.0148 e. The average Bonchev–Trinajstić information content (AvgIpc) is 2.28. The third-order valence-corrected chi connectivity index (χ3v) is 2.98. The van der Waals surface area contributed by atoms with Gasteiger partial charge in [-0.1, -0.05) is 50.5 Å². The van der Waals surface area contributed by atoms with E-state index >= 15 is 0 Å². The number of hydrogen-bond acceptors (Lipinski definition) is 0. The minimum absolute atomic E-state index is 1.16. The molecule has 0 aliphatic carbocycles. The molecule has 1 rings (SSSR count). The normalized spacial score (nSPS) is 11.2. The van der Waals surface area contributed by atoms with Crippen LogP contribution >= 0.6 is 0 Å². The van der Waals surface area contributed by atoms with E-state index in [0.29, 0.717) is 0 Å². The molecule has 0 aliphatic rings. The highest BCUT2D eigenvalue weighted by molar-refractivity contribution is 5.33. The Morgan fingerprint density at radius 2 is 1.88 bits per heavy atom. The van der Waals surface area contributed by atoms with E-state index < -0.39 is 0 Å². The van der Waals surface area contributed by atoms with Crippen LogP contribution in [0.3, 0.4) is 0 Å². The van der Waals surface area contributed by atoms with Gasteiger partial charge >= 0.3 is 0 Å². The second kappa shape index (κ2) is 7.27. The fourth-order valence-corrected chi connectivity index (χ4v) is 1.69. The van der Waals surface area contributed by atoms with Crippen molar-refractivity contribution in [2.24, 2.45) is 0 Å². The molecule has 1 aromatic rings. The molecule has 0 spiro atoms. The van der Waals surface area contributed by atoms with Crippen LogP contribution in [-0.4, -0.2) is 0 Å². The molecule has 0 amide bonds. The lowest BCUT2D eigenvalue weighted by Gasteiger charge is -2.00. The largest absolute Gasteiger partial charge is 0.0760 e. The van der Waals surface area contributed by atoms with Crippen LogP contribution in [0.25, 0.3) is 0 Å². The molecule has 0 aliphatic heterocycles. The molecule has 0 fully saturated rings. The molecule has 0 unspecified atom stereocenters. The molecule has 0 atom stereocenters. The molecule has 87 valence electrons. The van der Waals surface area contributed by atoms with Crippen LogP contribution in [0, 0.1) is 19.9 Å². The molecule has 0 heterocycles. The monoisotopic (exact) mass is 215 g/mol. The van der Waals surface area contributed by atoms with Crippen molar-refractivity contribution < 1.29 is 0 Å². The zero-order chi connectivity index (χ0) is 11.8. The maximum atomic E-state index is 3.36. The number of hydrogen-bond donors (Lipinski definition) is 0. The average molecular weight is 215 g/mol. The predicted molar refractivity (Wildman–Crippen MR) is 71.6 cm³/mol. The Labute approximate surface area is 100 Å². The molecule has 1 aromatic carbocycles. The molecular formula is C16H23. The minimum atomic E-state index is 1.16. The van der Waals surface area contributed by atoms with Gasteiger partial charge in [0, 0.05) is 0 Å². The van der Waals surface area contributed by atoms with Gasteiger partial charge in [0.05, 0.1) is 0 Å². The van der Waals surface area contributed by atoms with Crippen molar-refractivity contribution >= 4 is 0 Å². The smallest absolute Gasteiger partial charge is 0.0148 e. The molecule has 0 nitrogen and oxygen atoms in total. The van der Waals surface area contributed by atoms with Crippen molar-refractivity contribution in [3.05, 3.63) is 47.0 Å². The molecule has 0 N–H and O–H groups in total. The van der Waals surface area contributed by atoms with Crippen molar-refractivity contribution in [3.8, 4) is 0 Å². The molecule has 0 saturated carbocycles. The lowest BCUT2D eigenvalue weighted by Crippen LogP contribution is -1.82. The molecule has 0 bridgehead atoms. The van der Waals surface area contributed by atoms with Gasteiger partial charge in [-0.05, 0) is 49.5 Å². The summed E-state index contributed by atoms with van der Waals surface area (Å²) in [6.07, 6.45) is 12.0. The lowest BCUT2D eigenvalue weighted by atomic mass is 10.1. The Kier molecular flexibility index (Phi) is 5.92. The summed E-state index contributed by atoms with van der Waals surface area (Å²) in [7, 11) is 0. The van der Waals surface area contributed by atoms with E-state index in [1.807, 2.05) is 0 Å². The second-order valence-electron chi connectivity index (χ2n) is 4.50. The van der Waals surface area contributed by atoms with Crippen LogP contribution in [0.5, 0.6) is 0 Å². The van der Waals surface area contributed by atoms with E-state index in [-0.39, 0.29) is 0 Å². The molecule has 0 aromatic heterocycles. The molecule has 0 heteroatoms. The predicted octanol–water partition coefficient (Wildman–Crippen LogP) is 4.98. The van der Waals surface area contributed by atoms with Gasteiger partial charge in [0.2, 0.25) is 0 Å². The molecule has 0 saturated heterocycles. The fraction of sp³-hybridized carbons (Fsp3) is 0.500. The zero-order valence-electron chi connectivity index (χ0n) is 10.8. The summed E-state index contributed by atoms with van der Waals surface area (Å²) in [5, 5.41) is 0. The first kappa shape index (κ1) is 13.0. The van der Waals surface area contributed by atoms with Crippen molar-refractivity contribution in [1.82, 2.24) is 0 Å². The Morgan fingerprint density at radius 3 is 2.56 bits per heavy atom. The number of allylic oxidation sites excluding steroid dienone is 1. The summed E-state index contributed by atoms with van der Waals surface area (Å²) in [5.41, 5.74) is 3.91. The van der Waals surface area contributed by atoms with E-state index in [1.165, 1.54) is 42.4 Å². The van der Waals surface area contributed by atoms with Gasteiger partial charge < -0.3 is 0 Å². The van der Waals surface area contributed by atoms with Crippen molar-refractivity contribution in [2.75, 3.05) is 0 Å². The highest BCUT2D eigenvalue weighted by atomic mass is 14.0. The topological polar surface area (TPSA) is 0 Å². The van der Waals surface area contributed by atoms with Gasteiger partial charge in [-0.15, -0.1) is 0 Å². The van der Waals surface area contributed by atoms with Gasteiger partial charge in [0.15, 0.2) is 0 Å². The van der Waals surface area contributed by atoms with Crippen LogP contribution in [-0.2, 0) is 0 Å². The van der Waals surface area contributed by atoms with Crippen LogP contribution in [0.2, 0.25) is 0 Å².